The van der Waals surface area contributed by atoms with Crippen molar-refractivity contribution in [2.45, 2.75) is 33.4 Å². The first-order valence-corrected chi connectivity index (χ1v) is 9.17. The molecule has 148 valence electrons. The van der Waals surface area contributed by atoms with E-state index in [4.69, 9.17) is 8.94 Å². The van der Waals surface area contributed by atoms with Crippen LogP contribution in [0.3, 0.4) is 0 Å². The Morgan fingerprint density at radius 3 is 2.83 bits per heavy atom. The van der Waals surface area contributed by atoms with Gasteiger partial charge in [-0.1, -0.05) is 5.16 Å². The smallest absolute Gasteiger partial charge is 0.287 e. The molecule has 1 amide bonds. The van der Waals surface area contributed by atoms with Gasteiger partial charge >= 0.3 is 0 Å². The number of nitrogens with zero attached hydrogens (tertiary/aromatic N) is 4. The van der Waals surface area contributed by atoms with Gasteiger partial charge in [-0.15, -0.1) is 0 Å². The van der Waals surface area contributed by atoms with Crippen LogP contribution in [0.25, 0.3) is 22.4 Å². The number of aromatic nitrogens is 4. The van der Waals surface area contributed by atoms with Crippen molar-refractivity contribution in [3.8, 4) is 11.4 Å². The molecular weight excluding hydrogens is 374 g/mol. The number of rotatable bonds is 5. The van der Waals surface area contributed by atoms with Crippen molar-refractivity contribution in [1.29, 1.82) is 0 Å². The number of hydrogen-bond acceptors (Lipinski definition) is 7. The lowest BCUT2D eigenvalue weighted by Crippen LogP contribution is -2.26. The topological polar surface area (TPSA) is 116 Å². The summed E-state index contributed by atoms with van der Waals surface area (Å²) in [4.78, 5) is 33.1. The van der Waals surface area contributed by atoms with Crippen LogP contribution >= 0.6 is 0 Å². The Morgan fingerprint density at radius 2 is 2.10 bits per heavy atom. The highest BCUT2D eigenvalue weighted by Gasteiger charge is 2.20. The first-order valence-electron chi connectivity index (χ1n) is 9.17. The number of benzene rings is 1. The van der Waals surface area contributed by atoms with Crippen molar-refractivity contribution in [3.63, 3.8) is 0 Å². The first-order chi connectivity index (χ1) is 14.0. The summed E-state index contributed by atoms with van der Waals surface area (Å²) < 4.78 is 12.1. The Balaban J connectivity index is 1.62. The van der Waals surface area contributed by atoms with Crippen LogP contribution in [0, 0.1) is 6.92 Å². The molecule has 4 rings (SSSR count). The summed E-state index contributed by atoms with van der Waals surface area (Å²) in [5, 5.41) is 6.75. The molecule has 0 radical (unpaired) electrons. The molecule has 0 aliphatic rings. The summed E-state index contributed by atoms with van der Waals surface area (Å²) in [5.74, 6) is 0.470. The van der Waals surface area contributed by atoms with Crippen LogP contribution < -0.4 is 10.9 Å². The van der Waals surface area contributed by atoms with E-state index in [1.54, 1.807) is 30.5 Å². The molecule has 1 aromatic carbocycles. The summed E-state index contributed by atoms with van der Waals surface area (Å²) in [6.45, 7) is 5.90. The number of amides is 1. The summed E-state index contributed by atoms with van der Waals surface area (Å²) in [7, 11) is 0. The third kappa shape index (κ3) is 3.42. The van der Waals surface area contributed by atoms with Gasteiger partial charge in [-0.2, -0.15) is 4.98 Å². The second-order valence-corrected chi connectivity index (χ2v) is 6.58. The van der Waals surface area contributed by atoms with E-state index in [1.165, 1.54) is 6.26 Å². The number of fused-ring (bicyclic) bond motifs is 1. The number of aryl methyl sites for hydroxylation is 2. The molecule has 0 unspecified atom stereocenters. The minimum Gasteiger partial charge on any atom is -0.459 e. The van der Waals surface area contributed by atoms with Gasteiger partial charge in [0, 0.05) is 12.1 Å². The lowest BCUT2D eigenvalue weighted by Gasteiger charge is -2.09. The van der Waals surface area contributed by atoms with Crippen LogP contribution in [-0.2, 0) is 6.54 Å². The number of furan rings is 1. The number of hydrogen-bond donors (Lipinski definition) is 1. The van der Waals surface area contributed by atoms with Crippen LogP contribution in [0.15, 0.2) is 50.3 Å². The number of nitrogens with one attached hydrogen (secondary N) is 1. The van der Waals surface area contributed by atoms with E-state index < -0.39 is 6.04 Å². The monoisotopic (exact) mass is 393 g/mol. The van der Waals surface area contributed by atoms with Gasteiger partial charge in [-0.3, -0.25) is 9.59 Å². The predicted molar refractivity (Wildman–Crippen MR) is 104 cm³/mol. The molecule has 1 N–H and O–H groups in total. The molecule has 9 nitrogen and oxygen atoms in total. The largest absolute Gasteiger partial charge is 0.459 e. The maximum absolute atomic E-state index is 12.2. The SMILES string of the molecule is CCn1c(=O)c(C)nc2cc(-c3noc([C@@H](C)NC(=O)c4ccco4)n3)ccc21. The molecule has 0 saturated heterocycles. The maximum atomic E-state index is 12.2. The van der Waals surface area contributed by atoms with Crippen molar-refractivity contribution in [2.75, 3.05) is 0 Å². The molecule has 9 heteroatoms. The minimum atomic E-state index is -0.500. The molecule has 3 aromatic heterocycles. The second kappa shape index (κ2) is 7.34. The fraction of sp³-hybridized carbons (Fsp3) is 0.250. The van der Waals surface area contributed by atoms with Crippen molar-refractivity contribution in [3.05, 3.63) is 64.3 Å². The third-order valence-electron chi connectivity index (χ3n) is 4.59. The van der Waals surface area contributed by atoms with E-state index in [0.717, 1.165) is 5.52 Å². The van der Waals surface area contributed by atoms with Crippen molar-refractivity contribution in [1.82, 2.24) is 25.0 Å². The summed E-state index contributed by atoms with van der Waals surface area (Å²) in [6.07, 6.45) is 1.43. The minimum absolute atomic E-state index is 0.101. The first kappa shape index (κ1) is 18.6. The molecule has 0 aliphatic heterocycles. The van der Waals surface area contributed by atoms with E-state index >= 15 is 0 Å². The third-order valence-corrected chi connectivity index (χ3v) is 4.59. The van der Waals surface area contributed by atoms with Gasteiger partial charge < -0.3 is 18.8 Å². The van der Waals surface area contributed by atoms with Crippen molar-refractivity contribution in [2.24, 2.45) is 0 Å². The zero-order valence-corrected chi connectivity index (χ0v) is 16.2. The molecule has 0 fully saturated rings. The van der Waals surface area contributed by atoms with Crippen LogP contribution in [0.5, 0.6) is 0 Å². The quantitative estimate of drug-likeness (QED) is 0.554. The number of carbonyl (C=O) groups is 1. The van der Waals surface area contributed by atoms with Gasteiger partial charge in [-0.05, 0) is 51.1 Å². The van der Waals surface area contributed by atoms with Crippen LogP contribution in [0.2, 0.25) is 0 Å². The van der Waals surface area contributed by atoms with E-state index in [0.29, 0.717) is 29.1 Å². The zero-order valence-electron chi connectivity index (χ0n) is 16.2. The molecule has 3 heterocycles. The van der Waals surface area contributed by atoms with E-state index in [1.807, 2.05) is 25.1 Å². The van der Waals surface area contributed by atoms with Gasteiger partial charge in [0.2, 0.25) is 11.7 Å². The van der Waals surface area contributed by atoms with Gasteiger partial charge in [0.05, 0.1) is 17.3 Å². The fourth-order valence-electron chi connectivity index (χ4n) is 3.09. The predicted octanol–water partition coefficient (Wildman–Crippen LogP) is 2.86. The average molecular weight is 393 g/mol. The van der Waals surface area contributed by atoms with Gasteiger partial charge in [0.15, 0.2) is 5.76 Å². The molecule has 0 spiro atoms. The Hall–Kier alpha value is -3.75. The van der Waals surface area contributed by atoms with E-state index in [9.17, 15) is 9.59 Å². The summed E-state index contributed by atoms with van der Waals surface area (Å²) in [5.41, 5.74) is 2.45. The van der Waals surface area contributed by atoms with E-state index in [-0.39, 0.29) is 23.1 Å². The molecule has 4 aromatic rings. The summed E-state index contributed by atoms with van der Waals surface area (Å²) in [6, 6.07) is 8.15. The van der Waals surface area contributed by atoms with Gasteiger partial charge in [0.25, 0.3) is 11.5 Å². The van der Waals surface area contributed by atoms with Crippen LogP contribution in [0.1, 0.15) is 42.0 Å². The maximum Gasteiger partial charge on any atom is 0.287 e. The average Bonchev–Trinajstić information content (AvgIpc) is 3.41. The Bertz CT molecular complexity index is 1240. The Kier molecular flexibility index (Phi) is 4.71. The van der Waals surface area contributed by atoms with Crippen molar-refractivity contribution < 1.29 is 13.7 Å². The van der Waals surface area contributed by atoms with Gasteiger partial charge in [0.1, 0.15) is 11.7 Å². The molecule has 0 bridgehead atoms. The highest BCUT2D eigenvalue weighted by Crippen LogP contribution is 2.22. The van der Waals surface area contributed by atoms with Crippen molar-refractivity contribution >= 4 is 16.9 Å². The summed E-state index contributed by atoms with van der Waals surface area (Å²) >= 11 is 0. The standard InChI is InChI=1S/C20H19N5O4/c1-4-25-15-8-7-13(10-14(15)21-12(3)20(25)27)17-23-19(29-24-17)11(2)22-18(26)16-6-5-9-28-16/h5-11H,4H2,1-3H3,(H,22,26)/t11-/m1/s1. The normalized spacial score (nSPS) is 12.2. The zero-order chi connectivity index (χ0) is 20.5. The molecule has 0 aliphatic carbocycles. The molecule has 1 atom stereocenters. The lowest BCUT2D eigenvalue weighted by molar-refractivity contribution is 0.0904. The number of carbonyl (C=O) groups excluding carboxylic acids is 1. The van der Waals surface area contributed by atoms with Gasteiger partial charge in [-0.25, -0.2) is 4.98 Å². The Labute approximate surface area is 165 Å². The fourth-order valence-corrected chi connectivity index (χ4v) is 3.09. The lowest BCUT2D eigenvalue weighted by atomic mass is 10.1. The Morgan fingerprint density at radius 1 is 1.28 bits per heavy atom. The molecular formula is C20H19N5O4. The highest BCUT2D eigenvalue weighted by atomic mass is 16.5. The second-order valence-electron chi connectivity index (χ2n) is 6.58. The van der Waals surface area contributed by atoms with E-state index in [2.05, 4.69) is 20.4 Å². The molecule has 0 saturated carbocycles. The van der Waals surface area contributed by atoms with Crippen LogP contribution in [-0.4, -0.2) is 25.6 Å². The molecule has 29 heavy (non-hydrogen) atoms. The highest BCUT2D eigenvalue weighted by molar-refractivity contribution is 5.91. The van der Waals surface area contributed by atoms with Crippen LogP contribution in [0.4, 0.5) is 0 Å².